The number of rotatable bonds is 6. The second-order valence-corrected chi connectivity index (χ2v) is 9.62. The van der Waals surface area contributed by atoms with E-state index in [9.17, 15) is 21.6 Å². The van der Waals surface area contributed by atoms with Gasteiger partial charge in [-0.05, 0) is 30.5 Å². The van der Waals surface area contributed by atoms with E-state index in [1.807, 2.05) is 6.92 Å². The Kier molecular flexibility index (Phi) is 5.12. The molecular formula is C14H19NO6S2. The molecule has 23 heavy (non-hydrogen) atoms. The highest BCUT2D eigenvalue weighted by atomic mass is 32.2. The summed E-state index contributed by atoms with van der Waals surface area (Å²) in [7, 11) is -7.40. The maximum Gasteiger partial charge on any atom is 0.318 e. The summed E-state index contributed by atoms with van der Waals surface area (Å²) in [6, 6.07) is 5.33. The van der Waals surface area contributed by atoms with Crippen LogP contribution >= 0.6 is 0 Å². The third-order valence-electron chi connectivity index (χ3n) is 3.84. The zero-order valence-electron chi connectivity index (χ0n) is 12.7. The van der Waals surface area contributed by atoms with Crippen molar-refractivity contribution in [2.24, 2.45) is 0 Å². The fraction of sp³-hybridized carbons (Fsp3) is 0.500. The first-order valence-electron chi connectivity index (χ1n) is 7.18. The zero-order chi connectivity index (χ0) is 17.3. The summed E-state index contributed by atoms with van der Waals surface area (Å²) >= 11 is 0. The molecule has 1 N–H and O–H groups in total. The summed E-state index contributed by atoms with van der Waals surface area (Å²) < 4.78 is 49.5. The number of sulfonamides is 1. The normalized spacial score (nSPS) is 20.7. The van der Waals surface area contributed by atoms with E-state index in [4.69, 9.17) is 5.11 Å². The van der Waals surface area contributed by atoms with Crippen molar-refractivity contribution in [2.75, 3.05) is 18.1 Å². The molecule has 0 radical (unpaired) electrons. The highest BCUT2D eigenvalue weighted by molar-refractivity contribution is 7.92. The molecule has 2 rings (SSSR count). The van der Waals surface area contributed by atoms with Crippen LogP contribution in [0.15, 0.2) is 29.2 Å². The molecule has 1 aliphatic heterocycles. The molecule has 0 aromatic heterocycles. The summed E-state index contributed by atoms with van der Waals surface area (Å²) in [5.41, 5.74) is 0.956. The Morgan fingerprint density at radius 3 is 2.35 bits per heavy atom. The number of nitrogens with zero attached hydrogens (tertiary/aromatic N) is 1. The first-order valence-corrected chi connectivity index (χ1v) is 10.4. The fourth-order valence-electron chi connectivity index (χ4n) is 2.58. The van der Waals surface area contributed by atoms with E-state index in [-0.39, 0.29) is 22.8 Å². The van der Waals surface area contributed by atoms with Gasteiger partial charge < -0.3 is 5.11 Å². The lowest BCUT2D eigenvalue weighted by atomic mass is 10.2. The lowest BCUT2D eigenvalue weighted by molar-refractivity contribution is -0.137. The molecule has 1 aromatic rings. The Morgan fingerprint density at radius 1 is 1.30 bits per heavy atom. The van der Waals surface area contributed by atoms with E-state index in [2.05, 4.69) is 0 Å². The van der Waals surface area contributed by atoms with Gasteiger partial charge in [0.05, 0.1) is 16.4 Å². The van der Waals surface area contributed by atoms with Gasteiger partial charge in [-0.2, -0.15) is 4.31 Å². The molecule has 0 spiro atoms. The van der Waals surface area contributed by atoms with Crippen molar-refractivity contribution >= 4 is 25.8 Å². The molecule has 0 aliphatic carbocycles. The lowest BCUT2D eigenvalue weighted by Gasteiger charge is -2.25. The second kappa shape index (κ2) is 6.58. The fourth-order valence-corrected chi connectivity index (χ4v) is 6.01. The van der Waals surface area contributed by atoms with Gasteiger partial charge in [0.2, 0.25) is 10.0 Å². The summed E-state index contributed by atoms with van der Waals surface area (Å²) in [6.45, 7) is 1.18. The molecule has 128 valence electrons. The molecule has 0 bridgehead atoms. The molecule has 7 nitrogen and oxygen atoms in total. The molecule has 1 aromatic carbocycles. The van der Waals surface area contributed by atoms with Crippen molar-refractivity contribution in [1.82, 2.24) is 4.31 Å². The highest BCUT2D eigenvalue weighted by Crippen LogP contribution is 2.25. The van der Waals surface area contributed by atoms with Gasteiger partial charge in [-0.1, -0.05) is 19.1 Å². The van der Waals surface area contributed by atoms with Gasteiger partial charge in [-0.15, -0.1) is 0 Å². The monoisotopic (exact) mass is 361 g/mol. The van der Waals surface area contributed by atoms with Gasteiger partial charge in [-0.25, -0.2) is 16.8 Å². The van der Waals surface area contributed by atoms with E-state index in [0.717, 1.165) is 16.3 Å². The van der Waals surface area contributed by atoms with Crippen molar-refractivity contribution in [3.05, 3.63) is 29.8 Å². The van der Waals surface area contributed by atoms with Crippen molar-refractivity contribution in [3.63, 3.8) is 0 Å². The molecule has 1 atom stereocenters. The summed E-state index contributed by atoms with van der Waals surface area (Å²) in [6.07, 6.45) is 0.863. The summed E-state index contributed by atoms with van der Waals surface area (Å²) in [4.78, 5) is 11.0. The largest absolute Gasteiger partial charge is 0.480 e. The van der Waals surface area contributed by atoms with Crippen LogP contribution in [0.5, 0.6) is 0 Å². The van der Waals surface area contributed by atoms with Crippen molar-refractivity contribution in [3.8, 4) is 0 Å². The number of carbonyl (C=O) groups is 1. The van der Waals surface area contributed by atoms with Crippen LogP contribution in [0.4, 0.5) is 0 Å². The SMILES string of the molecule is CCc1ccc(S(=O)(=O)N(CC(=O)O)[C@H]2CCS(=O)(=O)C2)cc1. The van der Waals surface area contributed by atoms with Gasteiger partial charge in [0, 0.05) is 6.04 Å². The number of aryl methyl sites for hydroxylation is 1. The summed E-state index contributed by atoms with van der Waals surface area (Å²) in [5.74, 6) is -1.78. The second-order valence-electron chi connectivity index (χ2n) is 5.50. The highest BCUT2D eigenvalue weighted by Gasteiger charge is 2.39. The van der Waals surface area contributed by atoms with Gasteiger partial charge in [-0.3, -0.25) is 4.79 Å². The minimum absolute atomic E-state index is 0.0275. The van der Waals surface area contributed by atoms with E-state index in [1.165, 1.54) is 12.1 Å². The average Bonchev–Trinajstić information content (AvgIpc) is 2.84. The standard InChI is InChI=1S/C14H19NO6S2/c1-2-11-3-5-13(6-4-11)23(20,21)15(9-14(16)17)12-7-8-22(18,19)10-12/h3-6,12H,2,7-10H2,1H3,(H,16,17)/t12-/m0/s1. The first kappa shape index (κ1) is 17.9. The Balaban J connectivity index is 2.38. The zero-order valence-corrected chi connectivity index (χ0v) is 14.3. The van der Waals surface area contributed by atoms with Crippen molar-refractivity contribution in [1.29, 1.82) is 0 Å². The molecule has 1 saturated heterocycles. The van der Waals surface area contributed by atoms with Crippen LogP contribution in [-0.4, -0.2) is 56.3 Å². The Labute approximate surface area is 135 Å². The van der Waals surface area contributed by atoms with Gasteiger partial charge in [0.15, 0.2) is 9.84 Å². The molecule has 0 saturated carbocycles. The van der Waals surface area contributed by atoms with E-state index >= 15 is 0 Å². The average molecular weight is 361 g/mol. The van der Waals surface area contributed by atoms with Crippen LogP contribution in [0, 0.1) is 0 Å². The molecule has 0 amide bonds. The van der Waals surface area contributed by atoms with Gasteiger partial charge >= 0.3 is 5.97 Å². The third kappa shape index (κ3) is 4.10. The number of sulfone groups is 1. The molecule has 0 unspecified atom stereocenters. The topological polar surface area (TPSA) is 109 Å². The molecule has 1 fully saturated rings. The van der Waals surface area contributed by atoms with E-state index in [1.54, 1.807) is 12.1 Å². The van der Waals surface area contributed by atoms with E-state index < -0.39 is 38.4 Å². The van der Waals surface area contributed by atoms with Crippen LogP contribution in [-0.2, 0) is 31.1 Å². The lowest BCUT2D eigenvalue weighted by Crippen LogP contribution is -2.44. The van der Waals surface area contributed by atoms with Crippen LogP contribution in [0.2, 0.25) is 0 Å². The number of aliphatic carboxylic acids is 1. The van der Waals surface area contributed by atoms with Gasteiger partial charge in [0.25, 0.3) is 0 Å². The molecule has 1 aliphatic rings. The number of hydrogen-bond donors (Lipinski definition) is 1. The van der Waals surface area contributed by atoms with Crippen LogP contribution in [0.3, 0.4) is 0 Å². The van der Waals surface area contributed by atoms with Crippen molar-refractivity contribution < 1.29 is 26.7 Å². The Morgan fingerprint density at radius 2 is 1.91 bits per heavy atom. The molecular weight excluding hydrogens is 342 g/mol. The third-order valence-corrected chi connectivity index (χ3v) is 7.51. The minimum atomic E-state index is -4.07. The minimum Gasteiger partial charge on any atom is -0.480 e. The summed E-state index contributed by atoms with van der Waals surface area (Å²) in [5, 5.41) is 9.01. The number of carboxylic acids is 1. The maximum absolute atomic E-state index is 12.7. The Hall–Kier alpha value is -1.45. The first-order chi connectivity index (χ1) is 10.7. The number of carboxylic acid groups (broad SMARTS) is 1. The van der Waals surface area contributed by atoms with Crippen LogP contribution < -0.4 is 0 Å². The predicted molar refractivity (Wildman–Crippen MR) is 84.4 cm³/mol. The predicted octanol–water partition coefficient (Wildman–Crippen LogP) is 0.511. The Bertz CT molecular complexity index is 783. The number of hydrogen-bond acceptors (Lipinski definition) is 5. The quantitative estimate of drug-likeness (QED) is 0.791. The molecule has 9 heteroatoms. The van der Waals surface area contributed by atoms with Crippen LogP contribution in [0.25, 0.3) is 0 Å². The van der Waals surface area contributed by atoms with Crippen LogP contribution in [0.1, 0.15) is 18.9 Å². The van der Waals surface area contributed by atoms with Gasteiger partial charge in [0.1, 0.15) is 6.54 Å². The number of benzene rings is 1. The maximum atomic E-state index is 12.7. The van der Waals surface area contributed by atoms with Crippen molar-refractivity contribution in [2.45, 2.75) is 30.7 Å². The molecule has 1 heterocycles. The van der Waals surface area contributed by atoms with E-state index in [0.29, 0.717) is 0 Å². The smallest absolute Gasteiger partial charge is 0.318 e.